The van der Waals surface area contributed by atoms with Crippen LogP contribution in [0.15, 0.2) is 33.5 Å². The first-order valence-corrected chi connectivity index (χ1v) is 12.3. The minimum Gasteiger partial charge on any atom is -0.422 e. The highest BCUT2D eigenvalue weighted by Crippen LogP contribution is 2.37. The van der Waals surface area contributed by atoms with E-state index < -0.39 is 22.6 Å². The normalized spacial score (nSPS) is 17.8. The SMILES string of the molecule is CCN(CC)c1ccc2cc(C(=O)NCCC(=O)NC3CC(C)(C)N([O])C(C)(C)C3)c(=O)oc2c1. The molecule has 191 valence electrons. The highest BCUT2D eigenvalue weighted by molar-refractivity contribution is 5.97. The summed E-state index contributed by atoms with van der Waals surface area (Å²) in [5, 5.41) is 19.9. The summed E-state index contributed by atoms with van der Waals surface area (Å²) < 4.78 is 5.42. The number of carbonyl (C=O) groups is 2. The third-order valence-corrected chi connectivity index (χ3v) is 6.69. The van der Waals surface area contributed by atoms with Gasteiger partial charge >= 0.3 is 5.63 Å². The number of hydrogen-bond acceptors (Lipinski definition) is 6. The lowest BCUT2D eigenvalue weighted by molar-refractivity contribution is -0.290. The Morgan fingerprint density at radius 3 is 2.31 bits per heavy atom. The minimum atomic E-state index is -0.718. The van der Waals surface area contributed by atoms with Crippen molar-refractivity contribution in [2.75, 3.05) is 24.5 Å². The van der Waals surface area contributed by atoms with E-state index in [0.29, 0.717) is 23.8 Å². The van der Waals surface area contributed by atoms with Crippen LogP contribution in [0.5, 0.6) is 0 Å². The van der Waals surface area contributed by atoms with E-state index in [-0.39, 0.29) is 30.5 Å². The number of carbonyl (C=O) groups excluding carboxylic acids is 2. The Morgan fingerprint density at radius 1 is 1.09 bits per heavy atom. The van der Waals surface area contributed by atoms with Crippen LogP contribution < -0.4 is 21.2 Å². The summed E-state index contributed by atoms with van der Waals surface area (Å²) >= 11 is 0. The molecule has 2 amide bonds. The fourth-order valence-electron chi connectivity index (χ4n) is 5.09. The van der Waals surface area contributed by atoms with E-state index in [1.165, 1.54) is 6.07 Å². The number of rotatable bonds is 8. The minimum absolute atomic E-state index is 0.0658. The van der Waals surface area contributed by atoms with Gasteiger partial charge in [-0.2, -0.15) is 0 Å². The zero-order chi connectivity index (χ0) is 26.0. The first-order chi connectivity index (χ1) is 16.4. The largest absolute Gasteiger partial charge is 0.422 e. The van der Waals surface area contributed by atoms with Crippen molar-refractivity contribution >= 4 is 28.5 Å². The van der Waals surface area contributed by atoms with Gasteiger partial charge in [-0.05, 0) is 72.6 Å². The first kappa shape index (κ1) is 26.7. The van der Waals surface area contributed by atoms with Crippen LogP contribution in [0.2, 0.25) is 0 Å². The Balaban J connectivity index is 1.59. The van der Waals surface area contributed by atoms with Gasteiger partial charge in [0.2, 0.25) is 5.91 Å². The molecular formula is C26H37N4O5. The van der Waals surface area contributed by atoms with Gasteiger partial charge < -0.3 is 20.0 Å². The second-order valence-electron chi connectivity index (χ2n) is 10.4. The number of fused-ring (bicyclic) bond motifs is 1. The predicted molar refractivity (Wildman–Crippen MR) is 135 cm³/mol. The molecule has 1 radical (unpaired) electrons. The summed E-state index contributed by atoms with van der Waals surface area (Å²) in [7, 11) is 0. The van der Waals surface area contributed by atoms with E-state index in [0.717, 1.165) is 23.8 Å². The third-order valence-electron chi connectivity index (χ3n) is 6.69. The number of amides is 2. The molecule has 1 aromatic heterocycles. The number of hydroxylamine groups is 2. The maximum atomic E-state index is 12.6. The van der Waals surface area contributed by atoms with E-state index in [4.69, 9.17) is 4.42 Å². The maximum absolute atomic E-state index is 12.6. The van der Waals surface area contributed by atoms with Gasteiger partial charge in [-0.15, -0.1) is 10.3 Å². The standard InChI is InChI=1S/C26H37N4O5/c1-7-29(8-2)19-10-9-17-13-20(24(33)35-21(17)14-19)23(32)27-12-11-22(31)28-18-15-25(3,4)30(34)26(5,6)16-18/h9-10,13-14,18H,7-8,11-12,15-16H2,1-6H3,(H,27,32)(H,28,31). The number of hydrogen-bond donors (Lipinski definition) is 2. The van der Waals surface area contributed by atoms with Crippen molar-refractivity contribution in [2.24, 2.45) is 0 Å². The van der Waals surface area contributed by atoms with E-state index in [2.05, 4.69) is 15.5 Å². The molecule has 1 aliphatic heterocycles. The Kier molecular flexibility index (Phi) is 7.91. The van der Waals surface area contributed by atoms with Crippen molar-refractivity contribution in [1.82, 2.24) is 15.7 Å². The van der Waals surface area contributed by atoms with Gasteiger partial charge in [0, 0.05) is 60.3 Å². The number of benzene rings is 1. The van der Waals surface area contributed by atoms with E-state index >= 15 is 0 Å². The quantitative estimate of drug-likeness (QED) is 0.555. The van der Waals surface area contributed by atoms with Crippen LogP contribution in [0.4, 0.5) is 5.69 Å². The lowest BCUT2D eigenvalue weighted by Crippen LogP contribution is -2.62. The molecule has 2 N–H and O–H groups in total. The van der Waals surface area contributed by atoms with E-state index in [9.17, 15) is 19.6 Å². The Hall–Kier alpha value is -2.91. The molecule has 35 heavy (non-hydrogen) atoms. The number of anilines is 1. The lowest BCUT2D eigenvalue weighted by atomic mass is 9.79. The highest BCUT2D eigenvalue weighted by Gasteiger charge is 2.46. The summed E-state index contributed by atoms with van der Waals surface area (Å²) in [6, 6.07) is 6.95. The summed E-state index contributed by atoms with van der Waals surface area (Å²) in [6.07, 6.45) is 1.16. The molecule has 3 rings (SSSR count). The fourth-order valence-corrected chi connectivity index (χ4v) is 5.09. The van der Waals surface area contributed by atoms with Crippen LogP contribution in [0.3, 0.4) is 0 Å². The average Bonchev–Trinajstić information content (AvgIpc) is 2.77. The predicted octanol–water partition coefficient (Wildman–Crippen LogP) is 3.24. The van der Waals surface area contributed by atoms with Crippen LogP contribution in [-0.2, 0) is 10.0 Å². The maximum Gasteiger partial charge on any atom is 0.349 e. The van der Waals surface area contributed by atoms with Crippen molar-refractivity contribution in [3.05, 3.63) is 40.2 Å². The van der Waals surface area contributed by atoms with Gasteiger partial charge in [0.25, 0.3) is 5.91 Å². The second-order valence-corrected chi connectivity index (χ2v) is 10.4. The molecule has 0 spiro atoms. The molecule has 0 atom stereocenters. The summed E-state index contributed by atoms with van der Waals surface area (Å²) in [5.74, 6) is -0.793. The number of nitrogens with zero attached hydrogens (tertiary/aromatic N) is 2. The van der Waals surface area contributed by atoms with Crippen LogP contribution >= 0.6 is 0 Å². The average molecular weight is 486 g/mol. The molecule has 0 bridgehead atoms. The molecule has 1 aliphatic rings. The van der Waals surface area contributed by atoms with Crippen molar-refractivity contribution in [3.8, 4) is 0 Å². The smallest absolute Gasteiger partial charge is 0.349 e. The number of nitrogens with one attached hydrogen (secondary N) is 2. The van der Waals surface area contributed by atoms with Crippen molar-refractivity contribution in [1.29, 1.82) is 0 Å². The van der Waals surface area contributed by atoms with E-state index in [1.54, 1.807) is 6.07 Å². The topological polar surface area (TPSA) is 115 Å². The third kappa shape index (κ3) is 6.02. The van der Waals surface area contributed by atoms with Crippen molar-refractivity contribution in [2.45, 2.75) is 77.9 Å². The van der Waals surface area contributed by atoms with Crippen LogP contribution in [-0.4, -0.2) is 53.6 Å². The van der Waals surface area contributed by atoms with E-state index in [1.807, 2.05) is 53.7 Å². The molecule has 1 fully saturated rings. The highest BCUT2D eigenvalue weighted by atomic mass is 16.5. The number of piperidine rings is 1. The second kappa shape index (κ2) is 10.4. The Bertz CT molecular complexity index is 1120. The van der Waals surface area contributed by atoms with Gasteiger partial charge in [-0.1, -0.05) is 0 Å². The van der Waals surface area contributed by atoms with Crippen LogP contribution in [0.25, 0.3) is 11.0 Å². The first-order valence-electron chi connectivity index (χ1n) is 12.3. The molecule has 2 aromatic rings. The van der Waals surface area contributed by atoms with Crippen molar-refractivity contribution in [3.63, 3.8) is 0 Å². The Morgan fingerprint density at radius 2 is 1.71 bits per heavy atom. The molecule has 1 saturated heterocycles. The lowest BCUT2D eigenvalue weighted by Gasteiger charge is -2.50. The molecule has 9 nitrogen and oxygen atoms in total. The molecule has 0 unspecified atom stereocenters. The monoisotopic (exact) mass is 485 g/mol. The fraction of sp³-hybridized carbons (Fsp3) is 0.577. The molecule has 2 heterocycles. The molecule has 0 aliphatic carbocycles. The van der Waals surface area contributed by atoms with Crippen molar-refractivity contribution < 1.29 is 19.2 Å². The van der Waals surface area contributed by atoms with Gasteiger partial charge in [0.15, 0.2) is 0 Å². The Labute approximate surface area is 206 Å². The summed E-state index contributed by atoms with van der Waals surface area (Å²) in [5.41, 5.74) is -0.606. The van der Waals surface area contributed by atoms with Gasteiger partial charge in [0.1, 0.15) is 11.1 Å². The van der Waals surface area contributed by atoms with Crippen LogP contribution in [0, 0.1) is 0 Å². The van der Waals surface area contributed by atoms with Gasteiger partial charge in [-0.3, -0.25) is 9.59 Å². The van der Waals surface area contributed by atoms with Crippen LogP contribution in [0.1, 0.15) is 71.2 Å². The zero-order valence-electron chi connectivity index (χ0n) is 21.6. The summed E-state index contributed by atoms with van der Waals surface area (Å²) in [6.45, 7) is 13.3. The zero-order valence-corrected chi connectivity index (χ0v) is 21.6. The molecular weight excluding hydrogens is 448 g/mol. The van der Waals surface area contributed by atoms with Gasteiger partial charge in [-0.25, -0.2) is 4.79 Å². The summed E-state index contributed by atoms with van der Waals surface area (Å²) in [4.78, 5) is 39.7. The molecule has 0 saturated carbocycles. The molecule has 9 heteroatoms. The van der Waals surface area contributed by atoms with Gasteiger partial charge in [0.05, 0.1) is 0 Å². The molecule has 1 aromatic carbocycles.